The molecule has 0 atom stereocenters. The van der Waals surface area contributed by atoms with Crippen LogP contribution >= 0.6 is 11.6 Å². The van der Waals surface area contributed by atoms with Gasteiger partial charge in [-0.05, 0) is 83.8 Å². The minimum Gasteiger partial charge on any atom is -0.454 e. The molecule has 1 fully saturated rings. The molecule has 12 nitrogen and oxygen atoms in total. The van der Waals surface area contributed by atoms with Crippen molar-refractivity contribution in [1.29, 1.82) is 0 Å². The normalized spacial score (nSPS) is 13.5. The summed E-state index contributed by atoms with van der Waals surface area (Å²) in [6.07, 6.45) is -3.13. The van der Waals surface area contributed by atoms with Gasteiger partial charge < -0.3 is 31.3 Å². The second-order valence-corrected chi connectivity index (χ2v) is 14.3. The summed E-state index contributed by atoms with van der Waals surface area (Å²) in [5.41, 5.74) is 2.18. The van der Waals surface area contributed by atoms with Crippen LogP contribution in [0.4, 0.5) is 36.4 Å². The van der Waals surface area contributed by atoms with Crippen LogP contribution in [0.15, 0.2) is 72.8 Å². The fourth-order valence-electron chi connectivity index (χ4n) is 5.13. The zero-order valence-corrected chi connectivity index (χ0v) is 30.3. The Morgan fingerprint density at radius 2 is 1.42 bits per heavy atom. The lowest BCUT2D eigenvalue weighted by Gasteiger charge is -2.25. The third-order valence-electron chi connectivity index (χ3n) is 8.38. The maximum Gasteiger partial charge on any atom is 0.422 e. The molecule has 0 aliphatic heterocycles. The standard InChI is InChI=1S/C37H40ClF3N8O4/c1-22(2)23-5-13-27(14-6-23)44-31(52)30(51)43-20-35(3,4)19-42-29(50)24-7-15-28(16-8-24)45-32-46-33(48-34(47-32)53-21-37(39,40)41)49-36(17-18-36)25-9-11-26(38)12-10-25/h5-16,22H,17-21H2,1-4H3,(H,42,50)(H,43,51)(H,44,52)(H2,45,46,47,48,49). The number of hydrogen-bond acceptors (Lipinski definition) is 9. The molecule has 1 aromatic heterocycles. The first-order valence-electron chi connectivity index (χ1n) is 16.8. The Kier molecular flexibility index (Phi) is 11.8. The highest BCUT2D eigenvalue weighted by Gasteiger charge is 2.45. The van der Waals surface area contributed by atoms with E-state index >= 15 is 0 Å². The topological polar surface area (TPSA) is 159 Å². The number of ether oxygens (including phenoxy) is 1. The molecule has 3 amide bonds. The van der Waals surface area contributed by atoms with Gasteiger partial charge in [-0.3, -0.25) is 14.4 Å². The van der Waals surface area contributed by atoms with Gasteiger partial charge >= 0.3 is 24.0 Å². The number of amides is 3. The van der Waals surface area contributed by atoms with Gasteiger partial charge in [0.25, 0.3) is 5.91 Å². The predicted molar refractivity (Wildman–Crippen MR) is 195 cm³/mol. The van der Waals surface area contributed by atoms with Gasteiger partial charge in [0.2, 0.25) is 11.9 Å². The van der Waals surface area contributed by atoms with E-state index in [2.05, 4.69) is 55.4 Å². The number of aromatic nitrogens is 3. The number of benzene rings is 3. The maximum absolute atomic E-state index is 13.0. The quantitative estimate of drug-likeness (QED) is 0.0860. The van der Waals surface area contributed by atoms with E-state index < -0.39 is 41.6 Å². The van der Waals surface area contributed by atoms with Crippen molar-refractivity contribution in [2.75, 3.05) is 35.6 Å². The molecule has 5 rings (SSSR count). The lowest BCUT2D eigenvalue weighted by molar-refractivity contribution is -0.154. The number of halogens is 4. The molecule has 16 heteroatoms. The first kappa shape index (κ1) is 38.8. The summed E-state index contributed by atoms with van der Waals surface area (Å²) in [7, 11) is 0. The van der Waals surface area contributed by atoms with Crippen LogP contribution in [0.1, 0.15) is 67.9 Å². The minimum absolute atomic E-state index is 0.0129. The van der Waals surface area contributed by atoms with E-state index in [4.69, 9.17) is 16.3 Å². The van der Waals surface area contributed by atoms with Crippen molar-refractivity contribution in [1.82, 2.24) is 25.6 Å². The largest absolute Gasteiger partial charge is 0.454 e. The summed E-state index contributed by atoms with van der Waals surface area (Å²) in [6.45, 7) is 6.49. The molecule has 0 spiro atoms. The van der Waals surface area contributed by atoms with Gasteiger partial charge in [-0.15, -0.1) is 0 Å². The van der Waals surface area contributed by atoms with Crippen molar-refractivity contribution in [3.05, 3.63) is 94.5 Å². The van der Waals surface area contributed by atoms with Gasteiger partial charge in [-0.2, -0.15) is 28.1 Å². The molecule has 1 aliphatic carbocycles. The number of anilines is 4. The Hall–Kier alpha value is -5.44. The van der Waals surface area contributed by atoms with Gasteiger partial charge in [-0.1, -0.05) is 63.6 Å². The Labute approximate surface area is 309 Å². The number of carbonyl (C=O) groups excluding carboxylic acids is 3. The van der Waals surface area contributed by atoms with E-state index in [9.17, 15) is 27.6 Å². The van der Waals surface area contributed by atoms with Gasteiger partial charge in [0.05, 0.1) is 5.54 Å². The Bertz CT molecular complexity index is 1920. The molecule has 1 saturated carbocycles. The van der Waals surface area contributed by atoms with Crippen LogP contribution in [0.5, 0.6) is 6.01 Å². The van der Waals surface area contributed by atoms with Crippen LogP contribution in [0.2, 0.25) is 5.02 Å². The number of carbonyl (C=O) groups is 3. The van der Waals surface area contributed by atoms with Crippen LogP contribution in [-0.4, -0.2) is 58.5 Å². The first-order chi connectivity index (χ1) is 25.0. The van der Waals surface area contributed by atoms with Crippen molar-refractivity contribution in [2.45, 2.75) is 58.2 Å². The van der Waals surface area contributed by atoms with Crippen molar-refractivity contribution < 1.29 is 32.3 Å². The second kappa shape index (κ2) is 16.1. The summed E-state index contributed by atoms with van der Waals surface area (Å²) in [4.78, 5) is 50.2. The SMILES string of the molecule is CC(C)c1ccc(NC(=O)C(=O)NCC(C)(C)CNC(=O)c2ccc(Nc3nc(NC4(c5ccc(Cl)cc5)CC4)nc(OCC(F)(F)F)n3)cc2)cc1. The summed E-state index contributed by atoms with van der Waals surface area (Å²) in [6, 6.07) is 20.2. The molecule has 4 aromatic rings. The average molecular weight is 753 g/mol. The minimum atomic E-state index is -4.61. The highest BCUT2D eigenvalue weighted by molar-refractivity contribution is 6.39. The average Bonchev–Trinajstić information content (AvgIpc) is 3.89. The van der Waals surface area contributed by atoms with E-state index in [-0.39, 0.29) is 30.9 Å². The molecule has 5 N–H and O–H groups in total. The van der Waals surface area contributed by atoms with Crippen molar-refractivity contribution in [3.8, 4) is 6.01 Å². The van der Waals surface area contributed by atoms with Crippen LogP contribution in [0.25, 0.3) is 0 Å². The van der Waals surface area contributed by atoms with E-state index in [0.717, 1.165) is 24.0 Å². The Morgan fingerprint density at radius 1 is 0.811 bits per heavy atom. The summed E-state index contributed by atoms with van der Waals surface area (Å²) in [5, 5.41) is 14.7. The third-order valence-corrected chi connectivity index (χ3v) is 8.63. The van der Waals surface area contributed by atoms with E-state index in [0.29, 0.717) is 27.9 Å². The van der Waals surface area contributed by atoms with Gasteiger partial charge in [0.15, 0.2) is 6.61 Å². The summed E-state index contributed by atoms with van der Waals surface area (Å²) >= 11 is 6.03. The van der Waals surface area contributed by atoms with Crippen LogP contribution in [-0.2, 0) is 15.1 Å². The van der Waals surface area contributed by atoms with E-state index in [1.807, 2.05) is 38.1 Å². The van der Waals surface area contributed by atoms with Gasteiger partial charge in [0, 0.05) is 35.1 Å². The molecule has 1 heterocycles. The van der Waals surface area contributed by atoms with Crippen LogP contribution in [0, 0.1) is 5.41 Å². The van der Waals surface area contributed by atoms with Gasteiger partial charge in [0.1, 0.15) is 0 Å². The molecule has 0 radical (unpaired) electrons. The Morgan fingerprint density at radius 3 is 2.02 bits per heavy atom. The lowest BCUT2D eigenvalue weighted by Crippen LogP contribution is -2.44. The zero-order valence-electron chi connectivity index (χ0n) is 29.5. The monoisotopic (exact) mass is 752 g/mol. The number of rotatable bonds is 14. The summed E-state index contributed by atoms with van der Waals surface area (Å²) in [5.74, 6) is -1.71. The smallest absolute Gasteiger partial charge is 0.422 e. The molecule has 53 heavy (non-hydrogen) atoms. The molecule has 280 valence electrons. The number of hydrogen-bond donors (Lipinski definition) is 5. The third kappa shape index (κ3) is 11.3. The molecular weight excluding hydrogens is 713 g/mol. The number of nitrogens with one attached hydrogen (secondary N) is 5. The van der Waals surface area contributed by atoms with Crippen LogP contribution in [0.3, 0.4) is 0 Å². The van der Waals surface area contributed by atoms with E-state index in [1.54, 1.807) is 48.5 Å². The molecule has 0 unspecified atom stereocenters. The fraction of sp³-hybridized carbons (Fsp3) is 0.351. The maximum atomic E-state index is 13.0. The molecular formula is C37H40ClF3N8O4. The lowest BCUT2D eigenvalue weighted by atomic mass is 9.93. The highest BCUT2D eigenvalue weighted by atomic mass is 35.5. The Balaban J connectivity index is 1.16. The highest BCUT2D eigenvalue weighted by Crippen LogP contribution is 2.48. The van der Waals surface area contributed by atoms with Gasteiger partial charge in [-0.25, -0.2) is 0 Å². The number of alkyl halides is 3. The van der Waals surface area contributed by atoms with Crippen molar-refractivity contribution >= 4 is 52.6 Å². The van der Waals surface area contributed by atoms with Crippen molar-refractivity contribution in [2.24, 2.45) is 5.41 Å². The first-order valence-corrected chi connectivity index (χ1v) is 17.2. The van der Waals surface area contributed by atoms with Crippen LogP contribution < -0.4 is 31.3 Å². The molecule has 0 bridgehead atoms. The second-order valence-electron chi connectivity index (χ2n) is 13.8. The molecule has 1 aliphatic rings. The predicted octanol–water partition coefficient (Wildman–Crippen LogP) is 6.95. The molecule has 3 aromatic carbocycles. The number of nitrogens with zero attached hydrogens (tertiary/aromatic N) is 3. The summed E-state index contributed by atoms with van der Waals surface area (Å²) < 4.78 is 43.7. The van der Waals surface area contributed by atoms with Crippen molar-refractivity contribution in [3.63, 3.8) is 0 Å². The fourth-order valence-corrected chi connectivity index (χ4v) is 5.26. The zero-order chi connectivity index (χ0) is 38.4. The van der Waals surface area contributed by atoms with E-state index in [1.165, 1.54) is 0 Å². The molecule has 0 saturated heterocycles.